The third-order valence-corrected chi connectivity index (χ3v) is 18.2. The van der Waals surface area contributed by atoms with Crippen molar-refractivity contribution in [3.63, 3.8) is 0 Å². The van der Waals surface area contributed by atoms with Crippen LogP contribution in [0.3, 0.4) is 0 Å². The van der Waals surface area contributed by atoms with E-state index < -0.39 is 91.5 Å². The van der Waals surface area contributed by atoms with Gasteiger partial charge in [-0.3, -0.25) is 32.5 Å². The van der Waals surface area contributed by atoms with Crippen LogP contribution in [0.2, 0.25) is 0 Å². The summed E-state index contributed by atoms with van der Waals surface area (Å²) in [5.74, 6) is -1.58. The molecule has 0 aliphatic heterocycles. The molecule has 18 heteroatoms. The van der Waals surface area contributed by atoms with Crippen LogP contribution < -0.4 is 0 Å². The van der Waals surface area contributed by atoms with E-state index in [9.17, 15) is 43.5 Å². The van der Waals surface area contributed by atoms with E-state index in [1.165, 1.54) is 128 Å². The van der Waals surface area contributed by atoms with E-state index in [2.05, 4.69) is 118 Å². The number of phosphoric ester groups is 2. The highest BCUT2D eigenvalue weighted by atomic mass is 31.2. The Morgan fingerprint density at radius 1 is 0.289 bits per heavy atom. The molecule has 5 unspecified atom stereocenters. The topological polar surface area (TPSA) is 231 Å². The summed E-state index contributed by atoms with van der Waals surface area (Å²) in [5.41, 5.74) is 0. The van der Waals surface area contributed by atoms with Crippen molar-refractivity contribution in [2.45, 2.75) is 347 Å². The molecule has 0 rings (SSSR count). The Hall–Kier alpha value is -3.53. The number of aliphatic hydroxyl groups excluding tert-OH is 2. The maximum absolute atomic E-state index is 12.9. The number of hydrogen-bond acceptors (Lipinski definition) is 14. The van der Waals surface area contributed by atoms with E-state index in [0.29, 0.717) is 19.3 Å². The molecule has 0 aromatic rings. The molecule has 0 amide bonds. The molecule has 0 aromatic heterocycles. The smallest absolute Gasteiger partial charge is 0.463 e. The van der Waals surface area contributed by atoms with Crippen molar-refractivity contribution in [3.8, 4) is 0 Å². The quantitative estimate of drug-likeness (QED) is 0.0146. The number of esters is 3. The zero-order valence-corrected chi connectivity index (χ0v) is 63.0. The number of carbonyl (C=O) groups is 3. The van der Waals surface area contributed by atoms with Crippen molar-refractivity contribution < 1.29 is 75.8 Å². The van der Waals surface area contributed by atoms with E-state index >= 15 is 0 Å². The summed E-state index contributed by atoms with van der Waals surface area (Å²) >= 11 is 0. The highest BCUT2D eigenvalue weighted by Crippen LogP contribution is 2.45. The molecule has 4 N–H and O–H groups in total. The lowest BCUT2D eigenvalue weighted by molar-refractivity contribution is -0.161. The van der Waals surface area contributed by atoms with Gasteiger partial charge in [0.25, 0.3) is 0 Å². The zero-order valence-electron chi connectivity index (χ0n) is 61.2. The first kappa shape index (κ1) is 93.5. The summed E-state index contributed by atoms with van der Waals surface area (Å²) in [6, 6.07) is 0. The number of hydrogen-bond donors (Lipinski definition) is 4. The Balaban J connectivity index is 4.56. The van der Waals surface area contributed by atoms with Crippen LogP contribution in [0.1, 0.15) is 329 Å². The van der Waals surface area contributed by atoms with Gasteiger partial charge in [0.15, 0.2) is 6.10 Å². The number of unbranched alkanes of at least 4 members (excludes halogenated alkanes) is 34. The molecule has 0 aliphatic carbocycles. The van der Waals surface area contributed by atoms with Crippen molar-refractivity contribution in [1.29, 1.82) is 0 Å². The van der Waals surface area contributed by atoms with Crippen LogP contribution in [0.15, 0.2) is 97.2 Å². The highest BCUT2D eigenvalue weighted by molar-refractivity contribution is 7.47. The second-order valence-corrected chi connectivity index (χ2v) is 28.7. The third kappa shape index (κ3) is 73.5. The molecule has 97 heavy (non-hydrogen) atoms. The molecule has 5 atom stereocenters. The number of aliphatic hydroxyl groups is 2. The Morgan fingerprint density at radius 2 is 0.515 bits per heavy atom. The van der Waals surface area contributed by atoms with Gasteiger partial charge in [-0.25, -0.2) is 9.13 Å². The van der Waals surface area contributed by atoms with Crippen LogP contribution in [-0.2, 0) is 55.8 Å². The molecule has 0 spiro atoms. The van der Waals surface area contributed by atoms with E-state index in [1.54, 1.807) is 0 Å². The Morgan fingerprint density at radius 3 is 0.835 bits per heavy atom. The fourth-order valence-electron chi connectivity index (χ4n) is 10.4. The molecule has 0 heterocycles. The zero-order chi connectivity index (χ0) is 70.9. The van der Waals surface area contributed by atoms with Crippen molar-refractivity contribution in [2.75, 3.05) is 39.6 Å². The second kappa shape index (κ2) is 72.3. The normalized spacial score (nSPS) is 14.6. The van der Waals surface area contributed by atoms with E-state index in [0.717, 1.165) is 141 Å². The van der Waals surface area contributed by atoms with Crippen molar-refractivity contribution in [2.24, 2.45) is 0 Å². The minimum atomic E-state index is -4.93. The molecule has 562 valence electrons. The van der Waals surface area contributed by atoms with E-state index in [4.69, 9.17) is 32.3 Å². The molecule has 0 aliphatic rings. The predicted octanol–water partition coefficient (Wildman–Crippen LogP) is 22.2. The minimum Gasteiger partial charge on any atom is -0.463 e. The number of carbonyl (C=O) groups excluding carboxylic acids is 3. The van der Waals surface area contributed by atoms with Gasteiger partial charge in [-0.2, -0.15) is 0 Å². The summed E-state index contributed by atoms with van der Waals surface area (Å²) in [4.78, 5) is 58.6. The standard InChI is InChI=1S/C79H140O16P2/c1-4-7-10-13-16-19-22-25-27-29-31-33-35-36-38-40-41-43-45-48-50-53-56-59-62-65-77(82)89-68-74(80)69-91-96(85,86)92-70-75(81)71-93-97(87,88)94-73-76(95-79(84)67-64-61-58-55-52-47-24-21-18-15-12-9-6-3)72-90-78(83)66-63-60-57-54-51-49-46-44-42-39-37-34-32-30-28-26-23-20-17-14-11-8-5-2/h16-17,19-20,25-28,31-34,36,38-39,42,74-76,80-81H,4-15,18,21-24,29-30,35,37,40-41,43-73H2,1-3H3,(H,85,86)(H,87,88)/b19-16-,20-17-,27-25-,28-26-,33-31-,34-32-,38-36-,42-39-. The van der Waals surface area contributed by atoms with Crippen molar-refractivity contribution in [3.05, 3.63) is 97.2 Å². The molecule has 0 radical (unpaired) electrons. The van der Waals surface area contributed by atoms with Crippen LogP contribution in [0.4, 0.5) is 0 Å². The van der Waals surface area contributed by atoms with Gasteiger partial charge in [-0.1, -0.05) is 298 Å². The minimum absolute atomic E-state index is 0.105. The summed E-state index contributed by atoms with van der Waals surface area (Å²) in [6.07, 6.45) is 81.6. The first-order valence-corrected chi connectivity index (χ1v) is 41.5. The van der Waals surface area contributed by atoms with Crippen LogP contribution in [0.25, 0.3) is 0 Å². The monoisotopic (exact) mass is 1410 g/mol. The molecule has 0 fully saturated rings. The first-order chi connectivity index (χ1) is 47.2. The van der Waals surface area contributed by atoms with Crippen molar-refractivity contribution in [1.82, 2.24) is 0 Å². The number of rotatable bonds is 73. The lowest BCUT2D eigenvalue weighted by Crippen LogP contribution is -2.30. The molecular formula is C79H140O16P2. The average molecular weight is 1410 g/mol. The first-order valence-electron chi connectivity index (χ1n) is 38.5. The molecular weight excluding hydrogens is 1270 g/mol. The predicted molar refractivity (Wildman–Crippen MR) is 399 cm³/mol. The number of allylic oxidation sites excluding steroid dienone is 16. The van der Waals surface area contributed by atoms with Gasteiger partial charge in [0.2, 0.25) is 0 Å². The highest BCUT2D eigenvalue weighted by Gasteiger charge is 2.29. The van der Waals surface area contributed by atoms with Gasteiger partial charge < -0.3 is 34.2 Å². The Labute approximate surface area is 590 Å². The Kier molecular flexibility index (Phi) is 69.6. The van der Waals surface area contributed by atoms with Gasteiger partial charge >= 0.3 is 33.6 Å². The van der Waals surface area contributed by atoms with E-state index in [1.807, 2.05) is 0 Å². The van der Waals surface area contributed by atoms with Gasteiger partial charge in [-0.15, -0.1) is 0 Å². The largest absolute Gasteiger partial charge is 0.472 e. The maximum Gasteiger partial charge on any atom is 0.472 e. The number of ether oxygens (including phenoxy) is 3. The lowest BCUT2D eigenvalue weighted by atomic mass is 10.0. The van der Waals surface area contributed by atoms with Gasteiger partial charge in [0.1, 0.15) is 25.4 Å². The summed E-state index contributed by atoms with van der Waals surface area (Å²) in [6.45, 7) is 2.63. The van der Waals surface area contributed by atoms with Crippen LogP contribution in [-0.4, -0.2) is 95.9 Å². The Bertz CT molecular complexity index is 2150. The van der Waals surface area contributed by atoms with Crippen molar-refractivity contribution >= 4 is 33.6 Å². The lowest BCUT2D eigenvalue weighted by Gasteiger charge is -2.21. The summed E-state index contributed by atoms with van der Waals surface area (Å²) in [7, 11) is -9.78. The van der Waals surface area contributed by atoms with E-state index in [-0.39, 0.29) is 19.3 Å². The molecule has 0 aromatic carbocycles. The van der Waals surface area contributed by atoms with Gasteiger partial charge in [-0.05, 0) is 109 Å². The molecule has 0 bridgehead atoms. The average Bonchev–Trinajstić information content (AvgIpc) is 1.58. The summed E-state index contributed by atoms with van der Waals surface area (Å²) < 4.78 is 61.1. The van der Waals surface area contributed by atoms with Gasteiger partial charge in [0.05, 0.1) is 26.4 Å². The fraction of sp³-hybridized carbons (Fsp3) is 0.759. The summed E-state index contributed by atoms with van der Waals surface area (Å²) in [5, 5.41) is 20.6. The fourth-order valence-corrected chi connectivity index (χ4v) is 11.9. The SMILES string of the molecule is CCCCC/C=C\C/C=C\C/C=C\C/C=C\CCCCCCCCCCCC(=O)OCC(O)COP(=O)(O)OCC(O)COP(=O)(O)OCC(COC(=O)CCCCCCCCC/C=C\C/C=C\C/C=C\C/C=C\CCCCC)OC(=O)CCCCCCCCCCCCCCC. The van der Waals surface area contributed by atoms with Gasteiger partial charge in [0, 0.05) is 19.3 Å². The maximum atomic E-state index is 12.9. The molecule has 16 nitrogen and oxygen atoms in total. The number of phosphoric acid groups is 2. The van der Waals surface area contributed by atoms with Crippen LogP contribution in [0.5, 0.6) is 0 Å². The second-order valence-electron chi connectivity index (χ2n) is 25.8. The van der Waals surface area contributed by atoms with Crippen LogP contribution in [0, 0.1) is 0 Å². The third-order valence-electron chi connectivity index (χ3n) is 16.3. The molecule has 0 saturated heterocycles. The molecule has 0 saturated carbocycles. The van der Waals surface area contributed by atoms with Crippen LogP contribution >= 0.6 is 15.6 Å².